The van der Waals surface area contributed by atoms with Gasteiger partial charge in [0.15, 0.2) is 0 Å². The molecular weight excluding hydrogens is 316 g/mol. The summed E-state index contributed by atoms with van der Waals surface area (Å²) in [6.07, 6.45) is 0.453. The Bertz CT molecular complexity index is 521. The first-order chi connectivity index (χ1) is 12.0. The first-order valence-corrected chi connectivity index (χ1v) is 9.36. The predicted octanol–water partition coefficient (Wildman–Crippen LogP) is 2.26. The minimum absolute atomic E-state index is 0.00998. The van der Waals surface area contributed by atoms with E-state index in [1.54, 1.807) is 0 Å². The number of morpholine rings is 1. The number of hydrogen-bond donors (Lipinski definition) is 1. The zero-order valence-electron chi connectivity index (χ0n) is 15.7. The molecule has 2 rings (SSSR count). The van der Waals surface area contributed by atoms with Gasteiger partial charge in [-0.25, -0.2) is 0 Å². The molecular formula is C20H32N2O3. The van der Waals surface area contributed by atoms with Crippen LogP contribution in [0.25, 0.3) is 0 Å². The molecule has 5 heteroatoms. The third-order valence-corrected chi connectivity index (χ3v) is 4.48. The van der Waals surface area contributed by atoms with Crippen LogP contribution in [0.2, 0.25) is 0 Å². The fraction of sp³-hybridized carbons (Fsp3) is 0.650. The summed E-state index contributed by atoms with van der Waals surface area (Å²) in [6, 6.07) is 9.44. The zero-order valence-corrected chi connectivity index (χ0v) is 15.7. The van der Waals surface area contributed by atoms with Gasteiger partial charge < -0.3 is 14.7 Å². The van der Waals surface area contributed by atoms with Gasteiger partial charge in [-0.2, -0.15) is 0 Å². The molecule has 1 aromatic carbocycles. The molecule has 2 atom stereocenters. The average molecular weight is 348 g/mol. The molecule has 1 fully saturated rings. The minimum Gasteiger partial charge on any atom is -0.392 e. The maximum absolute atomic E-state index is 12.9. The number of aliphatic hydroxyl groups is 1. The summed E-state index contributed by atoms with van der Waals surface area (Å²) in [5.74, 6) is 0.456. The highest BCUT2D eigenvalue weighted by molar-refractivity contribution is 5.94. The number of ether oxygens (including phenoxy) is 1. The van der Waals surface area contributed by atoms with Crippen LogP contribution in [0, 0.1) is 5.92 Å². The normalized spacial score (nSPS) is 19.8. The number of carbonyl (C=O) groups is 1. The highest BCUT2D eigenvalue weighted by atomic mass is 16.5. The first kappa shape index (κ1) is 19.9. The number of benzene rings is 1. The van der Waals surface area contributed by atoms with Crippen molar-refractivity contribution in [1.29, 1.82) is 0 Å². The largest absolute Gasteiger partial charge is 0.392 e. The van der Waals surface area contributed by atoms with Gasteiger partial charge in [-0.05, 0) is 24.5 Å². The summed E-state index contributed by atoms with van der Waals surface area (Å²) in [6.45, 7) is 10.5. The Balaban J connectivity index is 2.00. The van der Waals surface area contributed by atoms with Crippen molar-refractivity contribution in [3.63, 3.8) is 0 Å². The molecule has 0 aromatic heterocycles. The highest BCUT2D eigenvalue weighted by Gasteiger charge is 2.26. The zero-order chi connectivity index (χ0) is 18.2. The topological polar surface area (TPSA) is 53.0 Å². The van der Waals surface area contributed by atoms with Gasteiger partial charge >= 0.3 is 0 Å². The third kappa shape index (κ3) is 6.42. The molecule has 0 radical (unpaired) electrons. The molecule has 0 unspecified atom stereocenters. The lowest BCUT2D eigenvalue weighted by atomic mass is 10.1. The van der Waals surface area contributed by atoms with E-state index in [4.69, 9.17) is 4.74 Å². The van der Waals surface area contributed by atoms with E-state index in [-0.39, 0.29) is 18.1 Å². The van der Waals surface area contributed by atoms with Gasteiger partial charge in [-0.3, -0.25) is 9.69 Å². The molecule has 1 heterocycles. The second-order valence-corrected chi connectivity index (χ2v) is 7.28. The smallest absolute Gasteiger partial charge is 0.253 e. The number of carbonyl (C=O) groups excluding carboxylic acids is 1. The lowest BCUT2D eigenvalue weighted by Gasteiger charge is -2.37. The molecule has 1 saturated heterocycles. The van der Waals surface area contributed by atoms with E-state index in [1.807, 2.05) is 42.2 Å². The summed E-state index contributed by atoms with van der Waals surface area (Å²) >= 11 is 0. The van der Waals surface area contributed by atoms with Crippen LogP contribution in [-0.4, -0.2) is 72.4 Å². The van der Waals surface area contributed by atoms with E-state index in [9.17, 15) is 9.90 Å². The van der Waals surface area contributed by atoms with E-state index in [1.165, 1.54) is 0 Å². The van der Waals surface area contributed by atoms with Crippen molar-refractivity contribution >= 4 is 5.91 Å². The maximum atomic E-state index is 12.9. The Morgan fingerprint density at radius 3 is 2.72 bits per heavy atom. The van der Waals surface area contributed by atoms with Crippen LogP contribution in [0.1, 0.15) is 37.6 Å². The van der Waals surface area contributed by atoms with E-state index >= 15 is 0 Å². The van der Waals surface area contributed by atoms with Crippen molar-refractivity contribution in [2.75, 3.05) is 39.3 Å². The van der Waals surface area contributed by atoms with Crippen molar-refractivity contribution in [3.8, 4) is 0 Å². The summed E-state index contributed by atoms with van der Waals surface area (Å²) in [5, 5.41) is 9.89. The van der Waals surface area contributed by atoms with Crippen molar-refractivity contribution in [2.45, 2.75) is 39.4 Å². The molecule has 1 amide bonds. The van der Waals surface area contributed by atoms with Gasteiger partial charge in [-0.15, -0.1) is 0 Å². The monoisotopic (exact) mass is 348 g/mol. The molecule has 1 N–H and O–H groups in total. The van der Waals surface area contributed by atoms with Crippen LogP contribution >= 0.6 is 0 Å². The number of hydrogen-bond acceptors (Lipinski definition) is 4. The second-order valence-electron chi connectivity index (χ2n) is 7.28. The lowest BCUT2D eigenvalue weighted by Crippen LogP contribution is -2.50. The van der Waals surface area contributed by atoms with Crippen molar-refractivity contribution in [3.05, 3.63) is 35.9 Å². The Morgan fingerprint density at radius 2 is 2.08 bits per heavy atom. The van der Waals surface area contributed by atoms with Crippen LogP contribution < -0.4 is 0 Å². The van der Waals surface area contributed by atoms with Gasteiger partial charge in [0.25, 0.3) is 5.91 Å². The van der Waals surface area contributed by atoms with Crippen molar-refractivity contribution in [1.82, 2.24) is 9.80 Å². The number of β-amino-alcohol motifs (C(OH)–C–C–N with tert-alkyl or cyclic N) is 1. The van der Waals surface area contributed by atoms with Crippen molar-refractivity contribution in [2.24, 2.45) is 5.92 Å². The molecule has 1 aliphatic rings. The Morgan fingerprint density at radius 1 is 1.36 bits per heavy atom. The molecule has 0 saturated carbocycles. The summed E-state index contributed by atoms with van der Waals surface area (Å²) in [7, 11) is 0. The molecule has 1 aliphatic heterocycles. The summed E-state index contributed by atoms with van der Waals surface area (Å²) < 4.78 is 5.90. The SMILES string of the molecule is CC[C@H](O)CN1CCO[C@@H](CN(CC(C)C)C(=O)c2ccccc2)C1. The molecule has 0 aliphatic carbocycles. The summed E-state index contributed by atoms with van der Waals surface area (Å²) in [4.78, 5) is 17.0. The molecule has 25 heavy (non-hydrogen) atoms. The van der Waals surface area contributed by atoms with E-state index in [2.05, 4.69) is 18.7 Å². The average Bonchev–Trinajstić information content (AvgIpc) is 2.61. The standard InChI is InChI=1S/C20H32N2O3/c1-4-18(23)13-21-10-11-25-19(14-21)15-22(12-16(2)3)20(24)17-8-6-5-7-9-17/h5-9,16,18-19,23H,4,10-15H2,1-3H3/t18-,19+/m0/s1. The van der Waals surface area contributed by atoms with Crippen molar-refractivity contribution < 1.29 is 14.6 Å². The van der Waals surface area contributed by atoms with Crippen LogP contribution in [0.4, 0.5) is 0 Å². The quantitative estimate of drug-likeness (QED) is 0.783. The van der Waals surface area contributed by atoms with E-state index in [0.717, 1.165) is 25.1 Å². The van der Waals surface area contributed by atoms with Crippen LogP contribution in [0.15, 0.2) is 30.3 Å². The van der Waals surface area contributed by atoms with Gasteiger partial charge in [0.05, 0.1) is 18.8 Å². The van der Waals surface area contributed by atoms with Crippen LogP contribution in [0.5, 0.6) is 0 Å². The van der Waals surface area contributed by atoms with Gasteiger partial charge in [0.2, 0.25) is 0 Å². The number of aliphatic hydroxyl groups excluding tert-OH is 1. The Kier molecular flexibility index (Phi) is 7.88. The Labute approximate surface area is 151 Å². The predicted molar refractivity (Wildman–Crippen MR) is 99.7 cm³/mol. The number of nitrogens with zero attached hydrogens (tertiary/aromatic N) is 2. The molecule has 0 spiro atoms. The minimum atomic E-state index is -0.295. The fourth-order valence-corrected chi connectivity index (χ4v) is 3.17. The van der Waals surface area contributed by atoms with E-state index < -0.39 is 0 Å². The maximum Gasteiger partial charge on any atom is 0.253 e. The molecule has 5 nitrogen and oxygen atoms in total. The van der Waals surface area contributed by atoms with Gasteiger partial charge in [-0.1, -0.05) is 39.0 Å². The van der Waals surface area contributed by atoms with Gasteiger partial charge in [0.1, 0.15) is 0 Å². The Hall–Kier alpha value is -1.43. The highest BCUT2D eigenvalue weighted by Crippen LogP contribution is 2.13. The fourth-order valence-electron chi connectivity index (χ4n) is 3.17. The van der Waals surface area contributed by atoms with Crippen LogP contribution in [0.3, 0.4) is 0 Å². The van der Waals surface area contributed by atoms with Crippen LogP contribution in [-0.2, 0) is 4.74 Å². The summed E-state index contributed by atoms with van der Waals surface area (Å²) in [5.41, 5.74) is 0.720. The number of amides is 1. The van der Waals surface area contributed by atoms with E-state index in [0.29, 0.717) is 32.2 Å². The lowest BCUT2D eigenvalue weighted by molar-refractivity contribution is -0.0513. The number of rotatable bonds is 8. The molecule has 140 valence electrons. The first-order valence-electron chi connectivity index (χ1n) is 9.36. The second kappa shape index (κ2) is 9.90. The molecule has 0 bridgehead atoms. The molecule has 1 aromatic rings. The van der Waals surface area contributed by atoms with Gasteiger partial charge in [0, 0.05) is 38.3 Å². The third-order valence-electron chi connectivity index (χ3n) is 4.48.